The molecule has 8 heteroatoms. The quantitative estimate of drug-likeness (QED) is 0.859. The maximum absolute atomic E-state index is 12.7. The fourth-order valence-corrected chi connectivity index (χ4v) is 4.04. The molecule has 0 bridgehead atoms. The zero-order valence-corrected chi connectivity index (χ0v) is 16.1. The van der Waals surface area contributed by atoms with Crippen molar-refractivity contribution in [1.82, 2.24) is 25.1 Å². The third kappa shape index (κ3) is 4.50. The van der Waals surface area contributed by atoms with Crippen molar-refractivity contribution >= 4 is 12.0 Å². The van der Waals surface area contributed by atoms with Gasteiger partial charge in [0, 0.05) is 31.9 Å². The van der Waals surface area contributed by atoms with E-state index in [0.717, 1.165) is 50.7 Å². The van der Waals surface area contributed by atoms with E-state index in [9.17, 15) is 4.79 Å². The van der Waals surface area contributed by atoms with E-state index in [1.807, 2.05) is 11.0 Å². The van der Waals surface area contributed by atoms with Gasteiger partial charge in [-0.25, -0.2) is 14.8 Å². The molecule has 0 aliphatic carbocycles. The van der Waals surface area contributed by atoms with Crippen molar-refractivity contribution in [3.63, 3.8) is 0 Å². The summed E-state index contributed by atoms with van der Waals surface area (Å²) in [6.45, 7) is 5.80. The Balaban J connectivity index is 1.36. The number of likely N-dealkylation sites (tertiary alicyclic amines) is 1. The SMILES string of the molecule is CN1CCC(NC(=O)N2CCO[C@@H](c3ccnc(N4CCCC4)n3)C2)CC1. The van der Waals surface area contributed by atoms with E-state index in [2.05, 4.69) is 27.1 Å². The number of morpholine rings is 1. The number of nitrogens with one attached hydrogen (secondary N) is 1. The van der Waals surface area contributed by atoms with Crippen molar-refractivity contribution in [3.8, 4) is 0 Å². The van der Waals surface area contributed by atoms with Crippen LogP contribution in [0.5, 0.6) is 0 Å². The number of rotatable bonds is 3. The van der Waals surface area contributed by atoms with E-state index < -0.39 is 0 Å². The lowest BCUT2D eigenvalue weighted by molar-refractivity contribution is -0.0182. The lowest BCUT2D eigenvalue weighted by atomic mass is 10.1. The minimum Gasteiger partial charge on any atom is -0.368 e. The Labute approximate surface area is 160 Å². The number of nitrogens with zero attached hydrogens (tertiary/aromatic N) is 5. The molecular weight excluding hydrogens is 344 g/mol. The van der Waals surface area contributed by atoms with Crippen molar-refractivity contribution in [2.24, 2.45) is 0 Å². The van der Waals surface area contributed by atoms with Gasteiger partial charge in [-0.3, -0.25) is 0 Å². The lowest BCUT2D eigenvalue weighted by Gasteiger charge is -2.35. The highest BCUT2D eigenvalue weighted by atomic mass is 16.5. The molecule has 0 saturated carbocycles. The first-order chi connectivity index (χ1) is 13.2. The minimum atomic E-state index is -0.189. The van der Waals surface area contributed by atoms with Gasteiger partial charge in [0.1, 0.15) is 6.10 Å². The Bertz CT molecular complexity index is 643. The third-order valence-electron chi connectivity index (χ3n) is 5.78. The van der Waals surface area contributed by atoms with E-state index in [-0.39, 0.29) is 18.2 Å². The Morgan fingerprint density at radius 3 is 2.74 bits per heavy atom. The van der Waals surface area contributed by atoms with Gasteiger partial charge in [-0.2, -0.15) is 0 Å². The second kappa shape index (κ2) is 8.39. The van der Waals surface area contributed by atoms with E-state index in [1.54, 1.807) is 6.20 Å². The Kier molecular flexibility index (Phi) is 5.73. The summed E-state index contributed by atoms with van der Waals surface area (Å²) in [6.07, 6.45) is 6.03. The van der Waals surface area contributed by atoms with Crippen molar-refractivity contribution < 1.29 is 9.53 Å². The van der Waals surface area contributed by atoms with Gasteiger partial charge >= 0.3 is 6.03 Å². The van der Waals surface area contributed by atoms with Gasteiger partial charge in [-0.15, -0.1) is 0 Å². The molecule has 8 nitrogen and oxygen atoms in total. The van der Waals surface area contributed by atoms with E-state index in [4.69, 9.17) is 9.72 Å². The Morgan fingerprint density at radius 1 is 1.19 bits per heavy atom. The van der Waals surface area contributed by atoms with Crippen LogP contribution in [0, 0.1) is 0 Å². The van der Waals surface area contributed by atoms with Gasteiger partial charge in [0.05, 0.1) is 18.8 Å². The molecule has 27 heavy (non-hydrogen) atoms. The summed E-state index contributed by atoms with van der Waals surface area (Å²) in [4.78, 5) is 28.2. The predicted octanol–water partition coefficient (Wildman–Crippen LogP) is 1.25. The maximum Gasteiger partial charge on any atom is 0.317 e. The standard InChI is InChI=1S/C19H30N6O2/c1-23-10-5-15(6-11-23)21-19(26)25-12-13-27-17(14-25)16-4-7-20-18(22-16)24-8-2-3-9-24/h4,7,15,17H,2-3,5-6,8-14H2,1H3,(H,21,26)/t17-/m1/s1. The van der Waals surface area contributed by atoms with Gasteiger partial charge in [-0.05, 0) is 51.9 Å². The molecule has 1 aromatic heterocycles. The topological polar surface area (TPSA) is 73.8 Å². The number of urea groups is 1. The number of piperidine rings is 1. The molecule has 3 fully saturated rings. The molecule has 0 spiro atoms. The summed E-state index contributed by atoms with van der Waals surface area (Å²) >= 11 is 0. The average Bonchev–Trinajstić information content (AvgIpc) is 3.25. The van der Waals surface area contributed by atoms with Gasteiger partial charge < -0.3 is 24.8 Å². The van der Waals surface area contributed by atoms with Crippen molar-refractivity contribution in [1.29, 1.82) is 0 Å². The summed E-state index contributed by atoms with van der Waals surface area (Å²) in [5, 5.41) is 3.20. The molecule has 1 atom stereocenters. The first-order valence-electron chi connectivity index (χ1n) is 10.1. The van der Waals surface area contributed by atoms with Crippen molar-refractivity contribution in [3.05, 3.63) is 18.0 Å². The number of amides is 2. The van der Waals surface area contributed by atoms with Gasteiger partial charge in [0.25, 0.3) is 0 Å². The molecule has 0 radical (unpaired) electrons. The third-order valence-corrected chi connectivity index (χ3v) is 5.78. The van der Waals surface area contributed by atoms with Crippen LogP contribution in [-0.2, 0) is 4.74 Å². The molecule has 1 aromatic rings. The van der Waals surface area contributed by atoms with E-state index >= 15 is 0 Å². The fraction of sp³-hybridized carbons (Fsp3) is 0.737. The molecule has 0 unspecified atom stereocenters. The van der Waals surface area contributed by atoms with Gasteiger partial charge in [-0.1, -0.05) is 0 Å². The molecule has 0 aromatic carbocycles. The van der Waals surface area contributed by atoms with Crippen LogP contribution in [0.25, 0.3) is 0 Å². The van der Waals surface area contributed by atoms with Crippen molar-refractivity contribution in [2.75, 3.05) is 57.8 Å². The van der Waals surface area contributed by atoms with Gasteiger partial charge in [0.15, 0.2) is 0 Å². The van der Waals surface area contributed by atoms with E-state index in [1.165, 1.54) is 12.8 Å². The smallest absolute Gasteiger partial charge is 0.317 e. The lowest BCUT2D eigenvalue weighted by Crippen LogP contribution is -2.52. The second-order valence-corrected chi connectivity index (χ2v) is 7.81. The van der Waals surface area contributed by atoms with Crippen LogP contribution in [0.1, 0.15) is 37.5 Å². The van der Waals surface area contributed by atoms with Crippen LogP contribution >= 0.6 is 0 Å². The number of carbonyl (C=O) groups excluding carboxylic acids is 1. The molecule has 4 rings (SSSR count). The number of ether oxygens (including phenoxy) is 1. The maximum atomic E-state index is 12.7. The highest BCUT2D eigenvalue weighted by molar-refractivity contribution is 5.74. The van der Waals surface area contributed by atoms with Gasteiger partial charge in [0.2, 0.25) is 5.95 Å². The highest BCUT2D eigenvalue weighted by Crippen LogP contribution is 2.23. The fourth-order valence-electron chi connectivity index (χ4n) is 4.04. The minimum absolute atomic E-state index is 0.0201. The van der Waals surface area contributed by atoms with Crippen LogP contribution in [0.2, 0.25) is 0 Å². The van der Waals surface area contributed by atoms with Crippen LogP contribution < -0.4 is 10.2 Å². The first-order valence-corrected chi connectivity index (χ1v) is 10.1. The first kappa shape index (κ1) is 18.4. The molecule has 1 N–H and O–H groups in total. The normalized spacial score (nSPS) is 25.0. The summed E-state index contributed by atoms with van der Waals surface area (Å²) in [7, 11) is 2.13. The summed E-state index contributed by atoms with van der Waals surface area (Å²) in [6, 6.07) is 2.20. The predicted molar refractivity (Wildman–Crippen MR) is 103 cm³/mol. The van der Waals surface area contributed by atoms with Crippen LogP contribution in [0.4, 0.5) is 10.7 Å². The average molecular weight is 374 g/mol. The molecule has 2 amide bonds. The summed E-state index contributed by atoms with van der Waals surface area (Å²) < 4.78 is 5.93. The molecule has 3 aliphatic heterocycles. The van der Waals surface area contributed by atoms with Crippen LogP contribution in [0.15, 0.2) is 12.3 Å². The summed E-state index contributed by atoms with van der Waals surface area (Å²) in [5.41, 5.74) is 0.865. The van der Waals surface area contributed by atoms with Crippen LogP contribution in [-0.4, -0.2) is 84.8 Å². The largest absolute Gasteiger partial charge is 0.368 e. The Morgan fingerprint density at radius 2 is 1.96 bits per heavy atom. The van der Waals surface area contributed by atoms with Crippen molar-refractivity contribution in [2.45, 2.75) is 37.8 Å². The summed E-state index contributed by atoms with van der Waals surface area (Å²) in [5.74, 6) is 0.779. The molecule has 3 saturated heterocycles. The van der Waals surface area contributed by atoms with E-state index in [0.29, 0.717) is 19.7 Å². The number of aromatic nitrogens is 2. The zero-order chi connectivity index (χ0) is 18.6. The monoisotopic (exact) mass is 374 g/mol. The second-order valence-electron chi connectivity index (χ2n) is 7.81. The zero-order valence-electron chi connectivity index (χ0n) is 16.1. The molecule has 3 aliphatic rings. The number of hydrogen-bond donors (Lipinski definition) is 1. The highest BCUT2D eigenvalue weighted by Gasteiger charge is 2.29. The molecular formula is C19H30N6O2. The molecule has 4 heterocycles. The number of hydrogen-bond acceptors (Lipinski definition) is 6. The Hall–Kier alpha value is -1.93. The molecule has 148 valence electrons. The number of carbonyl (C=O) groups is 1. The number of anilines is 1. The van der Waals surface area contributed by atoms with Crippen LogP contribution in [0.3, 0.4) is 0 Å².